The summed E-state index contributed by atoms with van der Waals surface area (Å²) in [4.78, 5) is 22.9. The number of ether oxygens (including phenoxy) is 2. The van der Waals surface area contributed by atoms with Crippen LogP contribution in [0.3, 0.4) is 0 Å². The maximum absolute atomic E-state index is 13.0. The Morgan fingerprint density at radius 3 is 2.85 bits per heavy atom. The van der Waals surface area contributed by atoms with Crippen molar-refractivity contribution in [3.8, 4) is 11.5 Å². The van der Waals surface area contributed by atoms with E-state index in [0.717, 1.165) is 0 Å². The maximum Gasteiger partial charge on any atom is 0.273 e. The normalized spacial score (nSPS) is 17.1. The number of morpholine rings is 1. The van der Waals surface area contributed by atoms with Crippen molar-refractivity contribution >= 4 is 5.91 Å². The third-order valence-electron chi connectivity index (χ3n) is 4.00. The van der Waals surface area contributed by atoms with E-state index < -0.39 is 6.04 Å². The predicted molar refractivity (Wildman–Crippen MR) is 89.6 cm³/mol. The number of amides is 1. The second kappa shape index (κ2) is 7.32. The monoisotopic (exact) mass is 352 g/mol. The number of pyridine rings is 1. The van der Waals surface area contributed by atoms with Gasteiger partial charge in [0.2, 0.25) is 6.39 Å². The minimum atomic E-state index is -0.407. The molecule has 4 rings (SSSR count). The minimum absolute atomic E-state index is 0.235. The van der Waals surface area contributed by atoms with Gasteiger partial charge in [0.15, 0.2) is 5.82 Å². The number of aromatic nitrogens is 3. The topological polar surface area (TPSA) is 90.6 Å². The van der Waals surface area contributed by atoms with Crippen LogP contribution in [0.5, 0.6) is 11.5 Å². The van der Waals surface area contributed by atoms with Gasteiger partial charge in [-0.2, -0.15) is 4.98 Å². The second-order valence-corrected chi connectivity index (χ2v) is 5.67. The highest BCUT2D eigenvalue weighted by atomic mass is 16.5. The van der Waals surface area contributed by atoms with Crippen LogP contribution in [0, 0.1) is 0 Å². The van der Waals surface area contributed by atoms with E-state index in [1.54, 1.807) is 23.2 Å². The molecular weight excluding hydrogens is 336 g/mol. The van der Waals surface area contributed by atoms with Crippen LogP contribution < -0.4 is 4.74 Å². The Balaban J connectivity index is 1.56. The van der Waals surface area contributed by atoms with Gasteiger partial charge in [-0.15, -0.1) is 0 Å². The third kappa shape index (κ3) is 3.40. The third-order valence-corrected chi connectivity index (χ3v) is 4.00. The molecule has 1 aliphatic heterocycles. The van der Waals surface area contributed by atoms with Crippen LogP contribution in [-0.2, 0) is 4.74 Å². The van der Waals surface area contributed by atoms with Gasteiger partial charge >= 0.3 is 0 Å². The molecule has 0 saturated carbocycles. The number of carbonyl (C=O) groups excluding carboxylic acids is 1. The summed E-state index contributed by atoms with van der Waals surface area (Å²) in [6.45, 7) is 1.18. The fourth-order valence-corrected chi connectivity index (χ4v) is 2.75. The van der Waals surface area contributed by atoms with E-state index in [2.05, 4.69) is 15.1 Å². The van der Waals surface area contributed by atoms with Crippen molar-refractivity contribution in [1.82, 2.24) is 20.0 Å². The molecule has 8 nitrogen and oxygen atoms in total. The molecule has 1 fully saturated rings. The predicted octanol–water partition coefficient (Wildman–Crippen LogP) is 2.47. The quantitative estimate of drug-likeness (QED) is 0.712. The highest BCUT2D eigenvalue weighted by Crippen LogP contribution is 2.25. The minimum Gasteiger partial charge on any atom is -0.457 e. The summed E-state index contributed by atoms with van der Waals surface area (Å²) in [5, 5.41) is 3.83. The molecule has 0 radical (unpaired) electrons. The molecule has 0 bridgehead atoms. The highest BCUT2D eigenvalue weighted by Gasteiger charge is 2.32. The van der Waals surface area contributed by atoms with Crippen molar-refractivity contribution in [2.75, 3.05) is 19.8 Å². The van der Waals surface area contributed by atoms with Crippen molar-refractivity contribution in [2.45, 2.75) is 6.04 Å². The molecule has 1 aromatic carbocycles. The molecule has 26 heavy (non-hydrogen) atoms. The Kier molecular flexibility index (Phi) is 4.57. The van der Waals surface area contributed by atoms with Gasteiger partial charge in [0.25, 0.3) is 5.91 Å². The maximum atomic E-state index is 13.0. The van der Waals surface area contributed by atoms with Crippen LogP contribution in [0.4, 0.5) is 0 Å². The van der Waals surface area contributed by atoms with Crippen molar-refractivity contribution < 1.29 is 18.8 Å². The van der Waals surface area contributed by atoms with Gasteiger partial charge in [0, 0.05) is 18.8 Å². The average molecular weight is 352 g/mol. The Hall–Kier alpha value is -3.26. The Labute approximate surface area is 149 Å². The van der Waals surface area contributed by atoms with Gasteiger partial charge in [-0.1, -0.05) is 23.4 Å². The number of hydrogen-bond acceptors (Lipinski definition) is 7. The summed E-state index contributed by atoms with van der Waals surface area (Å²) in [6.07, 6.45) is 2.79. The first-order valence-corrected chi connectivity index (χ1v) is 8.15. The fraction of sp³-hybridized carbons (Fsp3) is 0.222. The molecular formula is C18H16N4O4. The molecule has 2 aromatic heterocycles. The zero-order chi connectivity index (χ0) is 17.8. The second-order valence-electron chi connectivity index (χ2n) is 5.67. The molecule has 8 heteroatoms. The van der Waals surface area contributed by atoms with Crippen molar-refractivity contribution in [3.05, 3.63) is 66.6 Å². The molecule has 1 atom stereocenters. The van der Waals surface area contributed by atoms with E-state index in [1.807, 2.05) is 30.3 Å². The zero-order valence-electron chi connectivity index (χ0n) is 13.8. The van der Waals surface area contributed by atoms with Crippen LogP contribution in [0.1, 0.15) is 22.4 Å². The van der Waals surface area contributed by atoms with E-state index in [-0.39, 0.29) is 11.6 Å². The first-order valence-electron chi connectivity index (χ1n) is 8.15. The number of hydrogen-bond donors (Lipinski definition) is 0. The Morgan fingerprint density at radius 1 is 1.15 bits per heavy atom. The summed E-state index contributed by atoms with van der Waals surface area (Å²) in [5.74, 6) is 1.41. The van der Waals surface area contributed by atoms with Crippen molar-refractivity contribution in [3.63, 3.8) is 0 Å². The van der Waals surface area contributed by atoms with Gasteiger partial charge in [-0.05, 0) is 18.2 Å². The SMILES string of the molecule is O=C(c1cc(Oc2ccccc2)ccn1)N1CCOC[C@@H]1c1ncon1. The fourth-order valence-electron chi connectivity index (χ4n) is 2.75. The lowest BCUT2D eigenvalue weighted by Crippen LogP contribution is -2.44. The number of rotatable bonds is 4. The number of carbonyl (C=O) groups is 1. The van der Waals surface area contributed by atoms with Crippen molar-refractivity contribution in [2.24, 2.45) is 0 Å². The number of benzene rings is 1. The van der Waals surface area contributed by atoms with Crippen molar-refractivity contribution in [1.29, 1.82) is 0 Å². The summed E-state index contributed by atoms with van der Waals surface area (Å²) < 4.78 is 16.0. The molecule has 0 aliphatic carbocycles. The van der Waals surface area contributed by atoms with E-state index in [0.29, 0.717) is 37.1 Å². The summed E-state index contributed by atoms with van der Waals surface area (Å²) in [7, 11) is 0. The van der Waals surface area contributed by atoms with Gasteiger partial charge in [0.05, 0.1) is 13.2 Å². The van der Waals surface area contributed by atoms with E-state index in [9.17, 15) is 4.79 Å². The molecule has 0 unspecified atom stereocenters. The van der Waals surface area contributed by atoms with Crippen LogP contribution >= 0.6 is 0 Å². The van der Waals surface area contributed by atoms with E-state index in [4.69, 9.17) is 14.0 Å². The average Bonchev–Trinajstić information content (AvgIpc) is 3.23. The van der Waals surface area contributed by atoms with Crippen LogP contribution in [-0.4, -0.2) is 45.7 Å². The number of para-hydroxylation sites is 1. The lowest BCUT2D eigenvalue weighted by atomic mass is 10.2. The standard InChI is InChI=1S/C18H16N4O4/c23-18(22-8-9-24-11-16(22)17-20-12-25-21-17)15-10-14(6-7-19-15)26-13-4-2-1-3-5-13/h1-7,10,12,16H,8-9,11H2/t16-/m1/s1. The van der Waals surface area contributed by atoms with E-state index in [1.165, 1.54) is 6.39 Å². The Bertz CT molecular complexity index is 870. The lowest BCUT2D eigenvalue weighted by molar-refractivity contribution is -0.00608. The Morgan fingerprint density at radius 2 is 2.04 bits per heavy atom. The highest BCUT2D eigenvalue weighted by molar-refractivity contribution is 5.93. The molecule has 3 heterocycles. The van der Waals surface area contributed by atoms with Gasteiger partial charge in [-0.3, -0.25) is 9.78 Å². The van der Waals surface area contributed by atoms with Crippen LogP contribution in [0.15, 0.2) is 59.6 Å². The molecule has 1 aliphatic rings. The lowest BCUT2D eigenvalue weighted by Gasteiger charge is -2.33. The van der Waals surface area contributed by atoms with Gasteiger partial charge < -0.3 is 18.9 Å². The van der Waals surface area contributed by atoms with Gasteiger partial charge in [0.1, 0.15) is 23.2 Å². The molecule has 132 valence electrons. The number of nitrogens with zero attached hydrogens (tertiary/aromatic N) is 4. The summed E-state index contributed by atoms with van der Waals surface area (Å²) >= 11 is 0. The largest absolute Gasteiger partial charge is 0.457 e. The van der Waals surface area contributed by atoms with Crippen LogP contribution in [0.2, 0.25) is 0 Å². The molecule has 0 spiro atoms. The molecule has 1 saturated heterocycles. The van der Waals surface area contributed by atoms with Crippen LogP contribution in [0.25, 0.3) is 0 Å². The van der Waals surface area contributed by atoms with E-state index >= 15 is 0 Å². The first kappa shape index (κ1) is 16.2. The molecule has 3 aromatic rings. The zero-order valence-corrected chi connectivity index (χ0v) is 13.8. The smallest absolute Gasteiger partial charge is 0.273 e. The molecule has 0 N–H and O–H groups in total. The first-order chi connectivity index (χ1) is 12.8. The summed E-state index contributed by atoms with van der Waals surface area (Å²) in [5.41, 5.74) is 0.286. The molecule has 1 amide bonds. The van der Waals surface area contributed by atoms with Gasteiger partial charge in [-0.25, -0.2) is 0 Å². The summed E-state index contributed by atoms with van der Waals surface area (Å²) in [6, 6.07) is 12.3.